The minimum absolute atomic E-state index is 0.00889. The Balaban J connectivity index is 0.870. The summed E-state index contributed by atoms with van der Waals surface area (Å²) in [6, 6.07) is 36.9. The predicted molar refractivity (Wildman–Crippen MR) is 222 cm³/mol. The van der Waals surface area contributed by atoms with E-state index in [1.165, 1.54) is 0 Å². The molecule has 1 unspecified atom stereocenters. The van der Waals surface area contributed by atoms with Crippen molar-refractivity contribution in [2.75, 3.05) is 55.9 Å². The average molecular weight is 799 g/mol. The Morgan fingerprint density at radius 2 is 0.932 bits per heavy atom. The number of carboxylic acid groups (broad SMARTS) is 1. The number of nitrogens with one attached hydrogen (secondary N) is 2. The number of benzene rings is 4. The van der Waals surface area contributed by atoms with Crippen molar-refractivity contribution in [3.63, 3.8) is 0 Å². The van der Waals surface area contributed by atoms with Crippen LogP contribution in [-0.4, -0.2) is 118 Å². The van der Waals surface area contributed by atoms with Crippen molar-refractivity contribution >= 4 is 41.2 Å². The van der Waals surface area contributed by atoms with E-state index in [0.717, 1.165) is 22.5 Å². The molecule has 4 saturated heterocycles. The fourth-order valence-electron chi connectivity index (χ4n) is 9.15. The van der Waals surface area contributed by atoms with Gasteiger partial charge in [-0.25, -0.2) is 14.4 Å². The van der Waals surface area contributed by atoms with Crippen molar-refractivity contribution in [3.8, 4) is 0 Å². The van der Waals surface area contributed by atoms with Gasteiger partial charge in [-0.3, -0.25) is 9.59 Å². The minimum atomic E-state index is -1.38. The molecule has 4 aliphatic heterocycles. The first kappa shape index (κ1) is 39.3. The van der Waals surface area contributed by atoms with Crippen molar-refractivity contribution in [1.82, 2.24) is 30.2 Å². The summed E-state index contributed by atoms with van der Waals surface area (Å²) in [6.07, 6.45) is 1.56. The molecule has 4 fully saturated rings. The van der Waals surface area contributed by atoms with Crippen molar-refractivity contribution in [2.45, 2.75) is 55.9 Å². The molecule has 0 bridgehead atoms. The number of aliphatic carboxylic acids is 1. The molecule has 14 heteroatoms. The molecule has 2 spiro atoms. The van der Waals surface area contributed by atoms with E-state index in [-0.39, 0.29) is 31.4 Å². The molecule has 4 aromatic carbocycles. The van der Waals surface area contributed by atoms with Gasteiger partial charge in [-0.15, -0.1) is 0 Å². The van der Waals surface area contributed by atoms with Gasteiger partial charge in [0.15, 0.2) is 0 Å². The van der Waals surface area contributed by atoms with Gasteiger partial charge < -0.3 is 45.1 Å². The SMILES string of the molecule is O=C(O)C(CNC(=O)N1CCC2(CC1)C(=O)N(Cc1ccccc1)CN2c1ccccc1)NC(=O)N1CCC2(CC1)C(=O)N(Cc1ccccc1)CN2c1ccccc1. The first-order valence-corrected chi connectivity index (χ1v) is 20.3. The topological polar surface area (TPSA) is 149 Å². The number of carbonyl (C=O) groups is 5. The van der Waals surface area contributed by atoms with Gasteiger partial charge >= 0.3 is 18.0 Å². The standard InChI is InChI=1S/C45H50N8O6/c54-39(55)38(47-43(59)49-27-23-45(24-28-49)41(57)51(31-35-15-7-2-8-16-35)33-53(45)37-19-11-4-12-20-37)29-46-42(58)48-25-21-44(22-26-48)40(56)50(30-34-13-5-1-6-14-34)32-52(44)36-17-9-3-10-18-36/h1-20,38H,21-33H2,(H,46,58)(H,47,59)(H,54,55). The second-order valence-electron chi connectivity index (χ2n) is 15.9. The predicted octanol–water partition coefficient (Wildman–Crippen LogP) is 4.54. The maximum atomic E-state index is 14.2. The number of nitrogens with zero attached hydrogens (tertiary/aromatic N) is 6. The molecule has 8 rings (SSSR count). The van der Waals surface area contributed by atoms with Crippen LogP contribution in [0.1, 0.15) is 36.8 Å². The minimum Gasteiger partial charge on any atom is -0.480 e. The normalized spacial score (nSPS) is 19.1. The summed E-state index contributed by atoms with van der Waals surface area (Å²) < 4.78 is 0. The van der Waals surface area contributed by atoms with Gasteiger partial charge in [-0.1, -0.05) is 97.1 Å². The Morgan fingerprint density at radius 3 is 1.32 bits per heavy atom. The van der Waals surface area contributed by atoms with Gasteiger partial charge in [0.05, 0.1) is 19.9 Å². The number of para-hydroxylation sites is 2. The number of hydrogen-bond acceptors (Lipinski definition) is 7. The Bertz CT molecular complexity index is 2130. The number of anilines is 2. The van der Waals surface area contributed by atoms with E-state index >= 15 is 0 Å². The van der Waals surface area contributed by atoms with Crippen LogP contribution in [0.5, 0.6) is 0 Å². The Morgan fingerprint density at radius 1 is 0.559 bits per heavy atom. The lowest BCUT2D eigenvalue weighted by Crippen LogP contribution is -2.61. The first-order chi connectivity index (χ1) is 28.7. The van der Waals surface area contributed by atoms with Crippen LogP contribution in [0.2, 0.25) is 0 Å². The number of urea groups is 2. The highest BCUT2D eigenvalue weighted by atomic mass is 16.4. The average Bonchev–Trinajstić information content (AvgIpc) is 3.68. The van der Waals surface area contributed by atoms with Gasteiger partial charge in [0.25, 0.3) is 0 Å². The molecule has 0 aromatic heterocycles. The van der Waals surface area contributed by atoms with Crippen LogP contribution in [0.25, 0.3) is 0 Å². The van der Waals surface area contributed by atoms with E-state index in [4.69, 9.17) is 0 Å². The van der Waals surface area contributed by atoms with Gasteiger partial charge in [-0.2, -0.15) is 0 Å². The molecule has 4 aliphatic rings. The van der Waals surface area contributed by atoms with Crippen LogP contribution < -0.4 is 20.4 Å². The van der Waals surface area contributed by atoms with Crippen LogP contribution in [0, 0.1) is 0 Å². The third-order valence-corrected chi connectivity index (χ3v) is 12.4. The maximum Gasteiger partial charge on any atom is 0.328 e. The number of rotatable bonds is 10. The van der Waals surface area contributed by atoms with Crippen molar-refractivity contribution in [1.29, 1.82) is 0 Å². The van der Waals surface area contributed by atoms with Crippen LogP contribution in [0.4, 0.5) is 21.0 Å². The molecule has 306 valence electrons. The summed E-state index contributed by atoms with van der Waals surface area (Å²) in [4.78, 5) is 78.9. The van der Waals surface area contributed by atoms with Crippen LogP contribution in [0.3, 0.4) is 0 Å². The number of amides is 6. The molecule has 0 saturated carbocycles. The third kappa shape index (κ3) is 7.86. The largest absolute Gasteiger partial charge is 0.480 e. The van der Waals surface area contributed by atoms with E-state index in [2.05, 4.69) is 20.4 Å². The molecule has 0 aliphatic carbocycles. The van der Waals surface area contributed by atoms with E-state index in [0.29, 0.717) is 65.2 Å². The Kier molecular flexibility index (Phi) is 11.1. The fraction of sp³-hybridized carbons (Fsp3) is 0.356. The summed E-state index contributed by atoms with van der Waals surface area (Å²) in [6.45, 7) is 2.54. The highest BCUT2D eigenvalue weighted by Crippen LogP contribution is 2.41. The van der Waals surface area contributed by atoms with Crippen molar-refractivity contribution in [3.05, 3.63) is 132 Å². The fourth-order valence-corrected chi connectivity index (χ4v) is 9.15. The highest BCUT2D eigenvalue weighted by Gasteiger charge is 2.55. The van der Waals surface area contributed by atoms with Gasteiger partial charge in [-0.05, 0) is 61.1 Å². The van der Waals surface area contributed by atoms with Gasteiger partial charge in [0, 0.05) is 50.6 Å². The zero-order valence-corrected chi connectivity index (χ0v) is 33.0. The zero-order chi connectivity index (χ0) is 41.0. The monoisotopic (exact) mass is 798 g/mol. The van der Waals surface area contributed by atoms with E-state index in [1.54, 1.807) is 9.80 Å². The second kappa shape index (κ2) is 16.7. The quantitative estimate of drug-likeness (QED) is 0.212. The van der Waals surface area contributed by atoms with E-state index < -0.39 is 35.2 Å². The number of hydrogen-bond donors (Lipinski definition) is 3. The molecule has 1 atom stereocenters. The number of carbonyl (C=O) groups excluding carboxylic acids is 4. The summed E-state index contributed by atoms with van der Waals surface area (Å²) in [7, 11) is 0. The number of likely N-dealkylation sites (tertiary alicyclic amines) is 2. The van der Waals surface area contributed by atoms with Gasteiger partial charge in [0.1, 0.15) is 17.1 Å². The molecule has 3 N–H and O–H groups in total. The maximum absolute atomic E-state index is 14.2. The van der Waals surface area contributed by atoms with Crippen LogP contribution in [-0.2, 0) is 27.5 Å². The molecular weight excluding hydrogens is 749 g/mol. The lowest BCUT2D eigenvalue weighted by atomic mass is 9.85. The highest BCUT2D eigenvalue weighted by molar-refractivity contribution is 5.95. The van der Waals surface area contributed by atoms with Crippen LogP contribution >= 0.6 is 0 Å². The Hall–Kier alpha value is -6.57. The molecule has 4 aromatic rings. The molecule has 6 amide bonds. The molecule has 59 heavy (non-hydrogen) atoms. The lowest BCUT2D eigenvalue weighted by molar-refractivity contribution is -0.139. The number of carboxylic acids is 1. The summed E-state index contributed by atoms with van der Waals surface area (Å²) in [5.74, 6) is -1.25. The molecule has 14 nitrogen and oxygen atoms in total. The lowest BCUT2D eigenvalue weighted by Gasteiger charge is -2.43. The summed E-state index contributed by atoms with van der Waals surface area (Å²) in [5.41, 5.74) is 2.26. The van der Waals surface area contributed by atoms with Crippen molar-refractivity contribution < 1.29 is 29.1 Å². The molecule has 4 heterocycles. The van der Waals surface area contributed by atoms with Gasteiger partial charge in [0.2, 0.25) is 11.8 Å². The van der Waals surface area contributed by atoms with Crippen LogP contribution in [0.15, 0.2) is 121 Å². The van der Waals surface area contributed by atoms with Crippen molar-refractivity contribution in [2.24, 2.45) is 0 Å². The molecule has 0 radical (unpaired) electrons. The number of piperidine rings is 2. The zero-order valence-electron chi connectivity index (χ0n) is 33.0. The van der Waals surface area contributed by atoms with E-state index in [9.17, 15) is 29.1 Å². The Labute approximate surface area is 344 Å². The molecular formula is C45H50N8O6. The second-order valence-corrected chi connectivity index (χ2v) is 15.9. The third-order valence-electron chi connectivity index (χ3n) is 12.4. The smallest absolute Gasteiger partial charge is 0.328 e. The summed E-state index contributed by atoms with van der Waals surface area (Å²) in [5, 5.41) is 15.4. The van der Waals surface area contributed by atoms with E-state index in [1.807, 2.05) is 131 Å². The first-order valence-electron chi connectivity index (χ1n) is 20.3. The summed E-state index contributed by atoms with van der Waals surface area (Å²) >= 11 is 0.